The van der Waals surface area contributed by atoms with Gasteiger partial charge in [0, 0.05) is 54.6 Å². The minimum absolute atomic E-state index is 0.132. The van der Waals surface area contributed by atoms with Crippen LogP contribution >= 0.6 is 11.3 Å². The molecule has 140 valence electrons. The van der Waals surface area contributed by atoms with Gasteiger partial charge in [0.05, 0.1) is 4.92 Å². The quantitative estimate of drug-likeness (QED) is 0.437. The maximum atomic E-state index is 10.7. The largest absolute Gasteiger partial charge is 0.312 e. The molecule has 1 aromatic heterocycles. The summed E-state index contributed by atoms with van der Waals surface area (Å²) in [7, 11) is 2.19. The second-order valence-corrected chi connectivity index (χ2v) is 7.91. The number of hydrogen-bond acceptors (Lipinski definition) is 6. The van der Waals surface area contributed by atoms with E-state index in [2.05, 4.69) is 34.3 Å². The molecule has 26 heavy (non-hydrogen) atoms. The van der Waals surface area contributed by atoms with Crippen molar-refractivity contribution >= 4 is 17.0 Å². The van der Waals surface area contributed by atoms with Crippen molar-refractivity contribution in [2.45, 2.75) is 13.0 Å². The summed E-state index contributed by atoms with van der Waals surface area (Å²) < 4.78 is 0. The lowest BCUT2D eigenvalue weighted by molar-refractivity contribution is -0.384. The van der Waals surface area contributed by atoms with Crippen LogP contribution < -0.4 is 5.32 Å². The highest BCUT2D eigenvalue weighted by Gasteiger charge is 2.12. The van der Waals surface area contributed by atoms with E-state index in [1.807, 2.05) is 12.1 Å². The molecule has 0 unspecified atom stereocenters. The Bertz CT molecular complexity index is 709. The van der Waals surface area contributed by atoms with Gasteiger partial charge in [0.1, 0.15) is 0 Å². The monoisotopic (exact) mass is 374 g/mol. The maximum Gasteiger partial charge on any atom is 0.269 e. The van der Waals surface area contributed by atoms with E-state index in [0.717, 1.165) is 23.5 Å². The number of hydrogen-bond donors (Lipinski definition) is 1. The van der Waals surface area contributed by atoms with Crippen molar-refractivity contribution in [3.05, 3.63) is 51.4 Å². The molecule has 3 rings (SSSR count). The molecular formula is C19H26N4O2S. The predicted molar refractivity (Wildman–Crippen MR) is 107 cm³/mol. The number of thiophene rings is 1. The van der Waals surface area contributed by atoms with Crippen LogP contribution in [0.1, 0.15) is 11.3 Å². The molecule has 0 bridgehead atoms. The molecule has 2 heterocycles. The number of nitrogens with one attached hydrogen (secondary N) is 1. The molecule has 2 aromatic rings. The van der Waals surface area contributed by atoms with Crippen LogP contribution in [0.25, 0.3) is 10.4 Å². The van der Waals surface area contributed by atoms with Crippen LogP contribution in [0.2, 0.25) is 0 Å². The molecule has 7 heteroatoms. The number of nitro groups is 1. The molecule has 1 aliphatic heterocycles. The van der Waals surface area contributed by atoms with E-state index in [1.54, 1.807) is 23.5 Å². The van der Waals surface area contributed by atoms with Crippen LogP contribution in [0, 0.1) is 10.1 Å². The summed E-state index contributed by atoms with van der Waals surface area (Å²) in [5, 5.41) is 14.3. The van der Waals surface area contributed by atoms with Crippen molar-refractivity contribution in [1.82, 2.24) is 15.1 Å². The molecule has 0 atom stereocenters. The molecular weight excluding hydrogens is 348 g/mol. The van der Waals surface area contributed by atoms with Crippen molar-refractivity contribution in [3.8, 4) is 10.4 Å². The zero-order chi connectivity index (χ0) is 18.4. The molecule has 6 nitrogen and oxygen atoms in total. The number of nitrogens with zero attached hydrogens (tertiary/aromatic N) is 3. The van der Waals surface area contributed by atoms with Gasteiger partial charge in [0.25, 0.3) is 5.69 Å². The first-order valence-electron chi connectivity index (χ1n) is 9.07. The summed E-state index contributed by atoms with van der Waals surface area (Å²) in [6, 6.07) is 11.0. The predicted octanol–water partition coefficient (Wildman–Crippen LogP) is 3.05. The lowest BCUT2D eigenvalue weighted by atomic mass is 10.2. The highest BCUT2D eigenvalue weighted by atomic mass is 32.1. The third-order valence-electron chi connectivity index (χ3n) is 4.75. The number of rotatable bonds is 8. The van der Waals surface area contributed by atoms with Gasteiger partial charge < -0.3 is 15.1 Å². The van der Waals surface area contributed by atoms with Crippen LogP contribution in [-0.4, -0.2) is 61.0 Å². The average Bonchev–Trinajstić information content (AvgIpc) is 3.12. The lowest BCUT2D eigenvalue weighted by Gasteiger charge is -2.32. The van der Waals surface area contributed by atoms with Gasteiger partial charge in [0.2, 0.25) is 0 Å². The minimum Gasteiger partial charge on any atom is -0.312 e. The smallest absolute Gasteiger partial charge is 0.269 e. The Kier molecular flexibility index (Phi) is 6.73. The first kappa shape index (κ1) is 19.0. The molecule has 1 N–H and O–H groups in total. The summed E-state index contributed by atoms with van der Waals surface area (Å²) >= 11 is 1.74. The molecule has 0 saturated carbocycles. The number of likely N-dealkylation sites (N-methyl/N-ethyl adjacent to an activating group) is 1. The van der Waals surface area contributed by atoms with Crippen LogP contribution in [-0.2, 0) is 6.54 Å². The topological polar surface area (TPSA) is 61.6 Å². The Morgan fingerprint density at radius 3 is 2.54 bits per heavy atom. The minimum atomic E-state index is -0.365. The van der Waals surface area contributed by atoms with Gasteiger partial charge in [0.15, 0.2) is 0 Å². The molecule has 0 spiro atoms. The summed E-state index contributed by atoms with van der Waals surface area (Å²) in [4.78, 5) is 17.7. The van der Waals surface area contributed by atoms with Crippen molar-refractivity contribution in [2.75, 3.05) is 46.3 Å². The average molecular weight is 375 g/mol. The summed E-state index contributed by atoms with van der Waals surface area (Å²) in [5.74, 6) is 0. The SMILES string of the molecule is CN1CCN(CCCNCc2ccc(-c3ccc([N+](=O)[O-])cc3)s2)CC1. The van der Waals surface area contributed by atoms with Gasteiger partial charge in [-0.15, -0.1) is 11.3 Å². The van der Waals surface area contributed by atoms with Gasteiger partial charge in [-0.05, 0) is 56.4 Å². The lowest BCUT2D eigenvalue weighted by Crippen LogP contribution is -2.45. The number of benzene rings is 1. The van der Waals surface area contributed by atoms with Crippen molar-refractivity contribution in [2.24, 2.45) is 0 Å². The van der Waals surface area contributed by atoms with Gasteiger partial charge >= 0.3 is 0 Å². The first-order valence-corrected chi connectivity index (χ1v) is 9.88. The van der Waals surface area contributed by atoms with Crippen LogP contribution in [0.15, 0.2) is 36.4 Å². The third kappa shape index (κ3) is 5.35. The molecule has 0 radical (unpaired) electrons. The van der Waals surface area contributed by atoms with Gasteiger partial charge in [-0.1, -0.05) is 0 Å². The Balaban J connectivity index is 1.39. The Labute approximate surface area is 158 Å². The van der Waals surface area contributed by atoms with E-state index in [1.165, 1.54) is 44.0 Å². The van der Waals surface area contributed by atoms with E-state index in [9.17, 15) is 10.1 Å². The number of nitro benzene ring substituents is 1. The zero-order valence-electron chi connectivity index (χ0n) is 15.2. The Morgan fingerprint density at radius 2 is 1.85 bits per heavy atom. The third-order valence-corrected chi connectivity index (χ3v) is 5.88. The van der Waals surface area contributed by atoms with Crippen molar-refractivity contribution in [3.63, 3.8) is 0 Å². The fraction of sp³-hybridized carbons (Fsp3) is 0.474. The van der Waals surface area contributed by atoms with E-state index >= 15 is 0 Å². The van der Waals surface area contributed by atoms with E-state index in [4.69, 9.17) is 0 Å². The summed E-state index contributed by atoms with van der Waals surface area (Å²) in [6.45, 7) is 7.78. The van der Waals surface area contributed by atoms with E-state index < -0.39 is 0 Å². The number of piperazine rings is 1. The molecule has 1 aliphatic rings. The Hall–Kier alpha value is -1.80. The molecule has 0 aliphatic carbocycles. The maximum absolute atomic E-state index is 10.7. The standard InChI is InChI=1S/C19H26N4O2S/c1-21-11-13-22(14-12-21)10-2-9-20-15-18-7-8-19(26-18)16-3-5-17(6-4-16)23(24)25/h3-8,20H,2,9-15H2,1H3. The fourth-order valence-electron chi connectivity index (χ4n) is 3.09. The summed E-state index contributed by atoms with van der Waals surface area (Å²) in [6.07, 6.45) is 1.17. The van der Waals surface area contributed by atoms with E-state index in [-0.39, 0.29) is 10.6 Å². The van der Waals surface area contributed by atoms with Crippen LogP contribution in [0.3, 0.4) is 0 Å². The van der Waals surface area contributed by atoms with E-state index in [0.29, 0.717) is 0 Å². The fourth-order valence-corrected chi connectivity index (χ4v) is 4.07. The van der Waals surface area contributed by atoms with Crippen molar-refractivity contribution in [1.29, 1.82) is 0 Å². The summed E-state index contributed by atoms with van der Waals surface area (Å²) in [5.41, 5.74) is 1.16. The molecule has 1 aromatic carbocycles. The molecule has 1 saturated heterocycles. The second-order valence-electron chi connectivity index (χ2n) is 6.75. The molecule has 1 fully saturated rings. The van der Waals surface area contributed by atoms with Crippen LogP contribution in [0.5, 0.6) is 0 Å². The van der Waals surface area contributed by atoms with Gasteiger partial charge in [-0.25, -0.2) is 0 Å². The van der Waals surface area contributed by atoms with Gasteiger partial charge in [-0.2, -0.15) is 0 Å². The number of non-ortho nitro benzene ring substituents is 1. The van der Waals surface area contributed by atoms with Crippen molar-refractivity contribution < 1.29 is 4.92 Å². The first-order chi connectivity index (χ1) is 12.6. The van der Waals surface area contributed by atoms with Gasteiger partial charge in [-0.3, -0.25) is 10.1 Å². The Morgan fingerprint density at radius 1 is 1.12 bits per heavy atom. The highest BCUT2D eigenvalue weighted by molar-refractivity contribution is 7.15. The van der Waals surface area contributed by atoms with Crippen LogP contribution in [0.4, 0.5) is 5.69 Å². The normalized spacial score (nSPS) is 16.0. The zero-order valence-corrected chi connectivity index (χ0v) is 16.0. The second kappa shape index (κ2) is 9.23. The highest BCUT2D eigenvalue weighted by Crippen LogP contribution is 2.29. The molecule has 0 amide bonds.